The zero-order valence-electron chi connectivity index (χ0n) is 10.4. The summed E-state index contributed by atoms with van der Waals surface area (Å²) in [5.74, 6) is -0.298. The molecule has 0 aliphatic rings. The molecule has 17 heavy (non-hydrogen) atoms. The quantitative estimate of drug-likeness (QED) is 0.623. The summed E-state index contributed by atoms with van der Waals surface area (Å²) in [5.41, 5.74) is 0.924. The molecule has 3 heteroatoms. The lowest BCUT2D eigenvalue weighted by Crippen LogP contribution is -2.15. The number of hydrogen-bond acceptors (Lipinski definition) is 2. The summed E-state index contributed by atoms with van der Waals surface area (Å²) < 4.78 is 5.91. The van der Waals surface area contributed by atoms with E-state index < -0.39 is 0 Å². The van der Waals surface area contributed by atoms with Crippen LogP contribution in [0.25, 0.3) is 0 Å². The second kappa shape index (κ2) is 6.01. The number of allylic oxidation sites excluding steroid dienone is 1. The smallest absolute Gasteiger partial charge is 0.330 e. The molecule has 1 aromatic rings. The van der Waals surface area contributed by atoms with Gasteiger partial charge in [0, 0.05) is 16.0 Å². The van der Waals surface area contributed by atoms with Gasteiger partial charge in [0.25, 0.3) is 0 Å². The molecule has 2 nitrogen and oxygen atoms in total. The normalized spacial score (nSPS) is 11.8. The monoisotopic (exact) mass is 296 g/mol. The Morgan fingerprint density at radius 3 is 2.65 bits per heavy atom. The molecular formula is C14H17BrO2. The molecule has 0 bridgehead atoms. The van der Waals surface area contributed by atoms with E-state index in [2.05, 4.69) is 29.8 Å². The van der Waals surface area contributed by atoms with Crippen molar-refractivity contribution in [2.24, 2.45) is 0 Å². The van der Waals surface area contributed by atoms with Crippen LogP contribution in [0.15, 0.2) is 40.9 Å². The molecule has 0 heterocycles. The van der Waals surface area contributed by atoms with Crippen LogP contribution in [0.3, 0.4) is 0 Å². The van der Waals surface area contributed by atoms with Crippen molar-refractivity contribution in [1.29, 1.82) is 0 Å². The van der Waals surface area contributed by atoms with Gasteiger partial charge in [0.2, 0.25) is 0 Å². The Bertz CT molecular complexity index is 422. The van der Waals surface area contributed by atoms with Gasteiger partial charge >= 0.3 is 5.97 Å². The predicted molar refractivity (Wildman–Crippen MR) is 72.9 cm³/mol. The first-order valence-corrected chi connectivity index (χ1v) is 6.37. The van der Waals surface area contributed by atoms with Crippen LogP contribution in [-0.2, 0) is 14.9 Å². The fraction of sp³-hybridized carbons (Fsp3) is 0.357. The minimum atomic E-state index is -0.298. The van der Waals surface area contributed by atoms with Crippen LogP contribution in [0, 0.1) is 0 Å². The van der Waals surface area contributed by atoms with E-state index in [9.17, 15) is 4.79 Å². The van der Waals surface area contributed by atoms with Crippen LogP contribution >= 0.6 is 15.9 Å². The van der Waals surface area contributed by atoms with Crippen LogP contribution in [0.1, 0.15) is 26.3 Å². The van der Waals surface area contributed by atoms with E-state index in [-0.39, 0.29) is 11.4 Å². The number of benzene rings is 1. The molecule has 0 fully saturated rings. The number of esters is 1. The molecule has 0 amide bonds. The maximum absolute atomic E-state index is 11.3. The van der Waals surface area contributed by atoms with Gasteiger partial charge < -0.3 is 4.74 Å². The van der Waals surface area contributed by atoms with E-state index in [4.69, 9.17) is 4.74 Å². The van der Waals surface area contributed by atoms with Gasteiger partial charge in [0.05, 0.1) is 6.61 Å². The van der Waals surface area contributed by atoms with Crippen LogP contribution in [-0.4, -0.2) is 12.6 Å². The van der Waals surface area contributed by atoms with Gasteiger partial charge in [-0.2, -0.15) is 0 Å². The summed E-state index contributed by atoms with van der Waals surface area (Å²) in [4.78, 5) is 11.3. The molecule has 0 N–H and O–H groups in total. The van der Waals surface area contributed by atoms with Crippen molar-refractivity contribution >= 4 is 21.9 Å². The molecule has 1 rings (SSSR count). The predicted octanol–water partition coefficient (Wildman–Crippen LogP) is 3.85. The standard InChI is InChI=1S/C14H17BrO2/c1-4-17-13(16)9-10-14(2,3)11-7-5-6-8-12(11)15/h5-10H,4H2,1-3H3/b10-9+. The minimum Gasteiger partial charge on any atom is -0.463 e. The average molecular weight is 297 g/mol. The maximum atomic E-state index is 11.3. The minimum absolute atomic E-state index is 0.215. The molecule has 0 aromatic heterocycles. The number of carbonyl (C=O) groups is 1. The molecule has 0 aliphatic heterocycles. The highest BCUT2D eigenvalue weighted by molar-refractivity contribution is 9.10. The second-order valence-corrected chi connectivity index (χ2v) is 5.14. The summed E-state index contributed by atoms with van der Waals surface area (Å²) in [5, 5.41) is 0. The molecule has 0 spiro atoms. The molecule has 0 saturated carbocycles. The number of hydrogen-bond donors (Lipinski definition) is 0. The van der Waals surface area contributed by atoms with Crippen LogP contribution in [0.5, 0.6) is 0 Å². The van der Waals surface area contributed by atoms with Crippen molar-refractivity contribution in [3.63, 3.8) is 0 Å². The third-order valence-electron chi connectivity index (χ3n) is 2.49. The Morgan fingerprint density at radius 1 is 1.41 bits per heavy atom. The van der Waals surface area contributed by atoms with E-state index in [1.54, 1.807) is 6.92 Å². The Kier molecular flexibility index (Phi) is 4.94. The van der Waals surface area contributed by atoms with Crippen molar-refractivity contribution in [3.8, 4) is 0 Å². The third-order valence-corrected chi connectivity index (χ3v) is 3.18. The van der Waals surface area contributed by atoms with Gasteiger partial charge in [-0.15, -0.1) is 0 Å². The highest BCUT2D eigenvalue weighted by atomic mass is 79.9. The Morgan fingerprint density at radius 2 is 2.06 bits per heavy atom. The van der Waals surface area contributed by atoms with Crippen molar-refractivity contribution in [3.05, 3.63) is 46.5 Å². The van der Waals surface area contributed by atoms with Crippen molar-refractivity contribution in [2.75, 3.05) is 6.61 Å². The van der Waals surface area contributed by atoms with E-state index in [0.29, 0.717) is 6.61 Å². The third kappa shape index (κ3) is 4.00. The van der Waals surface area contributed by atoms with Gasteiger partial charge in [-0.1, -0.05) is 54.1 Å². The Balaban J connectivity index is 2.89. The number of carbonyl (C=O) groups excluding carboxylic acids is 1. The van der Waals surface area contributed by atoms with E-state index in [1.165, 1.54) is 6.08 Å². The molecule has 0 unspecified atom stereocenters. The van der Waals surface area contributed by atoms with Gasteiger partial charge in [0.15, 0.2) is 0 Å². The summed E-state index contributed by atoms with van der Waals surface area (Å²) in [6, 6.07) is 7.99. The zero-order chi connectivity index (χ0) is 12.9. The largest absolute Gasteiger partial charge is 0.463 e. The summed E-state index contributed by atoms with van der Waals surface area (Å²) >= 11 is 3.52. The van der Waals surface area contributed by atoms with Crippen molar-refractivity contribution in [1.82, 2.24) is 0 Å². The van der Waals surface area contributed by atoms with Gasteiger partial charge in [0.1, 0.15) is 0 Å². The fourth-order valence-electron chi connectivity index (χ4n) is 1.54. The van der Waals surface area contributed by atoms with Crippen molar-refractivity contribution in [2.45, 2.75) is 26.2 Å². The lowest BCUT2D eigenvalue weighted by atomic mass is 9.84. The highest BCUT2D eigenvalue weighted by Crippen LogP contribution is 2.30. The Labute approximate surface area is 111 Å². The number of halogens is 1. The molecule has 0 atom stereocenters. The lowest BCUT2D eigenvalue weighted by molar-refractivity contribution is -0.137. The first-order chi connectivity index (χ1) is 7.97. The maximum Gasteiger partial charge on any atom is 0.330 e. The first-order valence-electron chi connectivity index (χ1n) is 5.58. The molecule has 0 saturated heterocycles. The SMILES string of the molecule is CCOC(=O)/C=C/C(C)(C)c1ccccc1Br. The van der Waals surface area contributed by atoms with Gasteiger partial charge in [-0.05, 0) is 18.6 Å². The van der Waals surface area contributed by atoms with Crippen LogP contribution in [0.4, 0.5) is 0 Å². The number of rotatable bonds is 4. The van der Waals surface area contributed by atoms with Gasteiger partial charge in [-0.25, -0.2) is 4.79 Å². The summed E-state index contributed by atoms with van der Waals surface area (Å²) in [6.07, 6.45) is 3.36. The Hall–Kier alpha value is -1.09. The summed E-state index contributed by atoms with van der Waals surface area (Å²) in [7, 11) is 0. The first kappa shape index (κ1) is 14.0. The van der Waals surface area contributed by atoms with E-state index >= 15 is 0 Å². The van der Waals surface area contributed by atoms with E-state index in [0.717, 1.165) is 10.0 Å². The van der Waals surface area contributed by atoms with E-state index in [1.807, 2.05) is 30.3 Å². The summed E-state index contributed by atoms with van der Waals surface area (Å²) in [6.45, 7) is 6.31. The molecule has 0 aliphatic carbocycles. The molecule has 1 aromatic carbocycles. The van der Waals surface area contributed by atoms with Crippen LogP contribution < -0.4 is 0 Å². The molecular weight excluding hydrogens is 280 g/mol. The number of ether oxygens (including phenoxy) is 1. The average Bonchev–Trinajstić information content (AvgIpc) is 2.27. The second-order valence-electron chi connectivity index (χ2n) is 4.29. The topological polar surface area (TPSA) is 26.3 Å². The molecule has 0 radical (unpaired) electrons. The molecule has 92 valence electrons. The van der Waals surface area contributed by atoms with Crippen LogP contribution in [0.2, 0.25) is 0 Å². The lowest BCUT2D eigenvalue weighted by Gasteiger charge is -2.22. The zero-order valence-corrected chi connectivity index (χ0v) is 12.0. The fourth-order valence-corrected chi connectivity index (χ4v) is 2.34. The van der Waals surface area contributed by atoms with Gasteiger partial charge in [-0.3, -0.25) is 0 Å². The van der Waals surface area contributed by atoms with Crippen molar-refractivity contribution < 1.29 is 9.53 Å². The highest BCUT2D eigenvalue weighted by Gasteiger charge is 2.19.